The smallest absolute Gasteiger partial charge is 0.0606 e. The summed E-state index contributed by atoms with van der Waals surface area (Å²) >= 11 is 0. The molecule has 0 bridgehead atoms. The van der Waals surface area contributed by atoms with E-state index >= 15 is 0 Å². The van der Waals surface area contributed by atoms with Crippen LogP contribution in [0.5, 0.6) is 0 Å². The zero-order chi connectivity index (χ0) is 13.7. The lowest BCUT2D eigenvalue weighted by atomic mass is 10.1. The lowest BCUT2D eigenvalue weighted by Gasteiger charge is -2.26. The number of benzene rings is 2. The summed E-state index contributed by atoms with van der Waals surface area (Å²) in [6, 6.07) is 16.1. The van der Waals surface area contributed by atoms with Crippen LogP contribution >= 0.6 is 0 Å². The van der Waals surface area contributed by atoms with E-state index in [9.17, 15) is 5.11 Å². The zero-order valence-corrected chi connectivity index (χ0v) is 11.2. The molecule has 0 aromatic heterocycles. The molecule has 0 aliphatic carbocycles. The molecule has 0 aliphatic rings. The Labute approximate surface area is 114 Å². The van der Waals surface area contributed by atoms with Gasteiger partial charge in [0.1, 0.15) is 0 Å². The fourth-order valence-electron chi connectivity index (χ4n) is 2.19. The van der Waals surface area contributed by atoms with Crippen LogP contribution in [0.3, 0.4) is 0 Å². The molecule has 3 N–H and O–H groups in total. The molecule has 0 aliphatic heterocycles. The van der Waals surface area contributed by atoms with Crippen LogP contribution in [0.2, 0.25) is 0 Å². The molecule has 3 nitrogen and oxygen atoms in total. The molecule has 100 valence electrons. The normalized spacial score (nSPS) is 10.4. The van der Waals surface area contributed by atoms with Crippen molar-refractivity contribution in [2.24, 2.45) is 0 Å². The van der Waals surface area contributed by atoms with Crippen molar-refractivity contribution in [1.29, 1.82) is 0 Å². The van der Waals surface area contributed by atoms with Crippen LogP contribution in [0.1, 0.15) is 11.1 Å². The van der Waals surface area contributed by atoms with Crippen LogP contribution < -0.4 is 10.6 Å². The summed E-state index contributed by atoms with van der Waals surface area (Å²) in [5.41, 5.74) is 10.1. The molecule has 2 aromatic carbocycles. The van der Waals surface area contributed by atoms with Gasteiger partial charge in [-0.05, 0) is 30.2 Å². The fourth-order valence-corrected chi connectivity index (χ4v) is 2.19. The van der Waals surface area contributed by atoms with Crippen molar-refractivity contribution in [3.63, 3.8) is 0 Å². The van der Waals surface area contributed by atoms with E-state index in [1.165, 1.54) is 5.56 Å². The third-order valence-corrected chi connectivity index (χ3v) is 3.27. The number of rotatable bonds is 5. The Morgan fingerprint density at radius 3 is 2.47 bits per heavy atom. The number of aliphatic hydroxyl groups excluding tert-OH is 1. The monoisotopic (exact) mass is 256 g/mol. The van der Waals surface area contributed by atoms with E-state index in [4.69, 9.17) is 5.73 Å². The molecular weight excluding hydrogens is 236 g/mol. The topological polar surface area (TPSA) is 49.5 Å². The van der Waals surface area contributed by atoms with Crippen LogP contribution in [0.4, 0.5) is 11.4 Å². The number of anilines is 2. The van der Waals surface area contributed by atoms with Crippen molar-refractivity contribution in [1.82, 2.24) is 0 Å². The van der Waals surface area contributed by atoms with Crippen LogP contribution in [0.15, 0.2) is 48.5 Å². The van der Waals surface area contributed by atoms with Gasteiger partial charge in [-0.25, -0.2) is 0 Å². The molecule has 3 heteroatoms. The third kappa shape index (κ3) is 3.26. The Kier molecular flexibility index (Phi) is 4.42. The van der Waals surface area contributed by atoms with Gasteiger partial charge in [-0.1, -0.05) is 36.4 Å². The first kappa shape index (κ1) is 13.4. The predicted octanol–water partition coefficient (Wildman–Crippen LogP) is 2.58. The first-order valence-corrected chi connectivity index (χ1v) is 6.47. The number of nitrogen functional groups attached to an aromatic ring is 1. The van der Waals surface area contributed by atoms with Gasteiger partial charge in [0.25, 0.3) is 0 Å². The van der Waals surface area contributed by atoms with Crippen molar-refractivity contribution in [2.75, 3.05) is 23.8 Å². The minimum absolute atomic E-state index is 0.126. The second-order valence-corrected chi connectivity index (χ2v) is 4.62. The molecular formula is C16H20N2O. The molecule has 19 heavy (non-hydrogen) atoms. The van der Waals surface area contributed by atoms with Crippen LogP contribution in [-0.2, 0) is 6.54 Å². The SMILES string of the molecule is Cc1c(N)cccc1N(CCO)Cc1ccccc1. The second kappa shape index (κ2) is 6.25. The molecule has 0 heterocycles. The number of hydrogen-bond donors (Lipinski definition) is 2. The molecule has 0 amide bonds. The zero-order valence-electron chi connectivity index (χ0n) is 11.2. The molecule has 0 spiro atoms. The highest BCUT2D eigenvalue weighted by Gasteiger charge is 2.10. The molecule has 0 radical (unpaired) electrons. The average molecular weight is 256 g/mol. The highest BCUT2D eigenvalue weighted by atomic mass is 16.3. The van der Waals surface area contributed by atoms with Crippen LogP contribution in [-0.4, -0.2) is 18.3 Å². The van der Waals surface area contributed by atoms with Crippen molar-refractivity contribution in [2.45, 2.75) is 13.5 Å². The summed E-state index contributed by atoms with van der Waals surface area (Å²) in [6.45, 7) is 3.51. The summed E-state index contributed by atoms with van der Waals surface area (Å²) in [4.78, 5) is 2.15. The molecule has 0 atom stereocenters. The van der Waals surface area contributed by atoms with E-state index in [2.05, 4.69) is 17.0 Å². The number of nitrogens with two attached hydrogens (primary N) is 1. The lowest BCUT2D eigenvalue weighted by molar-refractivity contribution is 0.301. The van der Waals surface area contributed by atoms with Crippen molar-refractivity contribution in [3.05, 3.63) is 59.7 Å². The summed E-state index contributed by atoms with van der Waals surface area (Å²) < 4.78 is 0. The van der Waals surface area contributed by atoms with Crippen molar-refractivity contribution in [3.8, 4) is 0 Å². The number of nitrogens with zero attached hydrogens (tertiary/aromatic N) is 1. The van der Waals surface area contributed by atoms with Gasteiger partial charge >= 0.3 is 0 Å². The summed E-state index contributed by atoms with van der Waals surface area (Å²) in [6.07, 6.45) is 0. The number of aliphatic hydroxyl groups is 1. The summed E-state index contributed by atoms with van der Waals surface area (Å²) in [5.74, 6) is 0. The van der Waals surface area contributed by atoms with Gasteiger partial charge in [0.2, 0.25) is 0 Å². The summed E-state index contributed by atoms with van der Waals surface area (Å²) in [7, 11) is 0. The van der Waals surface area contributed by atoms with Gasteiger partial charge in [0.15, 0.2) is 0 Å². The molecule has 0 unspecified atom stereocenters. The quantitative estimate of drug-likeness (QED) is 0.808. The Hall–Kier alpha value is -2.00. The van der Waals surface area contributed by atoms with E-state index in [1.54, 1.807) is 0 Å². The van der Waals surface area contributed by atoms with Gasteiger partial charge < -0.3 is 15.7 Å². The summed E-state index contributed by atoms with van der Waals surface area (Å²) in [5, 5.41) is 9.26. The standard InChI is InChI=1S/C16H20N2O/c1-13-15(17)8-5-9-16(13)18(10-11-19)12-14-6-3-2-4-7-14/h2-9,19H,10-12,17H2,1H3. The van der Waals surface area contributed by atoms with Gasteiger partial charge in [-0.3, -0.25) is 0 Å². The van der Waals surface area contributed by atoms with Gasteiger partial charge in [0.05, 0.1) is 6.61 Å². The van der Waals surface area contributed by atoms with Gasteiger partial charge in [-0.15, -0.1) is 0 Å². The van der Waals surface area contributed by atoms with Gasteiger partial charge in [-0.2, -0.15) is 0 Å². The van der Waals surface area contributed by atoms with Crippen LogP contribution in [0.25, 0.3) is 0 Å². The minimum atomic E-state index is 0.126. The highest BCUT2D eigenvalue weighted by molar-refractivity contribution is 5.64. The van der Waals surface area contributed by atoms with Gasteiger partial charge in [0, 0.05) is 24.5 Å². The first-order valence-electron chi connectivity index (χ1n) is 6.47. The molecule has 0 saturated heterocycles. The van der Waals surface area contributed by atoms with E-state index in [0.717, 1.165) is 23.5 Å². The van der Waals surface area contributed by atoms with E-state index in [-0.39, 0.29) is 6.61 Å². The molecule has 0 fully saturated rings. The largest absolute Gasteiger partial charge is 0.398 e. The highest BCUT2D eigenvalue weighted by Crippen LogP contribution is 2.25. The maximum atomic E-state index is 9.26. The Balaban J connectivity index is 2.27. The Morgan fingerprint density at radius 2 is 1.79 bits per heavy atom. The van der Waals surface area contributed by atoms with Crippen molar-refractivity contribution < 1.29 is 5.11 Å². The maximum Gasteiger partial charge on any atom is 0.0606 e. The van der Waals surface area contributed by atoms with Crippen molar-refractivity contribution >= 4 is 11.4 Å². The third-order valence-electron chi connectivity index (χ3n) is 3.27. The average Bonchev–Trinajstić information content (AvgIpc) is 2.43. The van der Waals surface area contributed by atoms with E-state index < -0.39 is 0 Å². The van der Waals surface area contributed by atoms with Crippen LogP contribution in [0, 0.1) is 6.92 Å². The minimum Gasteiger partial charge on any atom is -0.398 e. The molecule has 2 aromatic rings. The van der Waals surface area contributed by atoms with E-state index in [0.29, 0.717) is 6.54 Å². The second-order valence-electron chi connectivity index (χ2n) is 4.62. The molecule has 0 saturated carbocycles. The fraction of sp³-hybridized carbons (Fsp3) is 0.250. The Morgan fingerprint density at radius 1 is 1.05 bits per heavy atom. The van der Waals surface area contributed by atoms with E-state index in [1.807, 2.05) is 43.3 Å². The first-order chi connectivity index (χ1) is 9.22. The Bertz CT molecular complexity index is 526. The lowest BCUT2D eigenvalue weighted by Crippen LogP contribution is -2.27. The number of hydrogen-bond acceptors (Lipinski definition) is 3. The maximum absolute atomic E-state index is 9.26. The molecule has 2 rings (SSSR count). The predicted molar refractivity (Wildman–Crippen MR) is 80.2 cm³/mol.